The van der Waals surface area contributed by atoms with E-state index in [1.807, 2.05) is 0 Å². The summed E-state index contributed by atoms with van der Waals surface area (Å²) in [6, 6.07) is 3.27. The Balaban J connectivity index is 2.84. The van der Waals surface area contributed by atoms with Gasteiger partial charge in [-0.25, -0.2) is 9.59 Å². The molecular formula is C17H26N2O6. The average Bonchev–Trinajstić information content (AvgIpc) is 2.51. The van der Waals surface area contributed by atoms with Gasteiger partial charge in [0.25, 0.3) is 0 Å². The van der Waals surface area contributed by atoms with Crippen LogP contribution in [0.3, 0.4) is 0 Å². The number of aliphatic carboxylic acids is 1. The van der Waals surface area contributed by atoms with Crippen molar-refractivity contribution in [3.05, 3.63) is 23.8 Å². The molecule has 0 aromatic heterocycles. The number of carboxylic acid groups (broad SMARTS) is 1. The predicted molar refractivity (Wildman–Crippen MR) is 91.9 cm³/mol. The van der Waals surface area contributed by atoms with E-state index in [-0.39, 0.29) is 6.42 Å². The van der Waals surface area contributed by atoms with Crippen LogP contribution in [-0.4, -0.2) is 43.0 Å². The molecule has 0 saturated heterocycles. The predicted octanol–water partition coefficient (Wildman–Crippen LogP) is 2.07. The standard InChI is InChI=1S/C17H26N2O6/c1-17(2,3)25-16(22)19-12(15(20)21)9-11(18)10-6-7-13(23-4)14(8-10)24-5/h6-8,11-12H,9,18H2,1-5H3,(H,19,22)(H,20,21)/t11-,12+/m0/s1. The number of ether oxygens (including phenoxy) is 3. The largest absolute Gasteiger partial charge is 0.493 e. The molecule has 1 amide bonds. The number of benzene rings is 1. The molecule has 1 aromatic carbocycles. The molecule has 0 unspecified atom stereocenters. The van der Waals surface area contributed by atoms with Crippen LogP contribution in [0, 0.1) is 0 Å². The van der Waals surface area contributed by atoms with Crippen molar-refractivity contribution >= 4 is 12.1 Å². The number of hydrogen-bond donors (Lipinski definition) is 3. The van der Waals surface area contributed by atoms with E-state index in [9.17, 15) is 14.7 Å². The normalized spacial score (nSPS) is 13.5. The monoisotopic (exact) mass is 354 g/mol. The highest BCUT2D eigenvalue weighted by Crippen LogP contribution is 2.30. The summed E-state index contributed by atoms with van der Waals surface area (Å²) in [5, 5.41) is 11.7. The first-order valence-corrected chi connectivity index (χ1v) is 7.77. The third-order valence-electron chi connectivity index (χ3n) is 3.31. The van der Waals surface area contributed by atoms with Gasteiger partial charge in [-0.05, 0) is 44.9 Å². The maximum absolute atomic E-state index is 11.8. The van der Waals surface area contributed by atoms with E-state index in [0.29, 0.717) is 17.1 Å². The van der Waals surface area contributed by atoms with E-state index in [4.69, 9.17) is 19.9 Å². The highest BCUT2D eigenvalue weighted by Gasteiger charge is 2.26. The van der Waals surface area contributed by atoms with Crippen LogP contribution in [0.4, 0.5) is 4.79 Å². The molecule has 8 heteroatoms. The van der Waals surface area contributed by atoms with Crippen LogP contribution >= 0.6 is 0 Å². The first kappa shape index (κ1) is 20.6. The first-order chi connectivity index (χ1) is 11.6. The molecule has 1 rings (SSSR count). The fraction of sp³-hybridized carbons (Fsp3) is 0.529. The number of methoxy groups -OCH3 is 2. The summed E-state index contributed by atoms with van der Waals surface area (Å²) in [5.41, 5.74) is 6.04. The second-order valence-electron chi connectivity index (χ2n) is 6.49. The van der Waals surface area contributed by atoms with Gasteiger partial charge in [0.2, 0.25) is 0 Å². The van der Waals surface area contributed by atoms with E-state index in [0.717, 1.165) is 0 Å². The SMILES string of the molecule is COc1ccc([C@@H](N)C[C@@H](NC(=O)OC(C)(C)C)C(=O)O)cc1OC. The summed E-state index contributed by atoms with van der Waals surface area (Å²) < 4.78 is 15.4. The maximum atomic E-state index is 11.8. The third-order valence-corrected chi connectivity index (χ3v) is 3.31. The highest BCUT2D eigenvalue weighted by molar-refractivity contribution is 5.80. The Hall–Kier alpha value is -2.48. The van der Waals surface area contributed by atoms with Crippen LogP contribution in [0.2, 0.25) is 0 Å². The molecular weight excluding hydrogens is 328 g/mol. The Bertz CT molecular complexity index is 612. The van der Waals surface area contributed by atoms with Gasteiger partial charge in [0.15, 0.2) is 11.5 Å². The van der Waals surface area contributed by atoms with Gasteiger partial charge in [-0.1, -0.05) is 6.07 Å². The molecule has 0 saturated carbocycles. The van der Waals surface area contributed by atoms with E-state index in [1.54, 1.807) is 39.0 Å². The lowest BCUT2D eigenvalue weighted by molar-refractivity contribution is -0.139. The Morgan fingerprint density at radius 2 is 1.80 bits per heavy atom. The number of carboxylic acids is 1. The number of alkyl carbamates (subject to hydrolysis) is 1. The first-order valence-electron chi connectivity index (χ1n) is 7.77. The van der Waals surface area contributed by atoms with Crippen molar-refractivity contribution in [1.29, 1.82) is 0 Å². The summed E-state index contributed by atoms with van der Waals surface area (Å²) in [7, 11) is 3.01. The molecule has 0 fully saturated rings. The van der Waals surface area contributed by atoms with Crippen molar-refractivity contribution in [3.63, 3.8) is 0 Å². The minimum atomic E-state index is -1.19. The zero-order valence-corrected chi connectivity index (χ0v) is 15.2. The second-order valence-corrected chi connectivity index (χ2v) is 6.49. The number of carbonyl (C=O) groups excluding carboxylic acids is 1. The Morgan fingerprint density at radius 3 is 2.28 bits per heavy atom. The summed E-state index contributed by atoms with van der Waals surface area (Å²) in [6.45, 7) is 5.08. The van der Waals surface area contributed by atoms with Crippen LogP contribution in [0.1, 0.15) is 38.8 Å². The molecule has 0 bridgehead atoms. The van der Waals surface area contributed by atoms with Gasteiger partial charge in [0.05, 0.1) is 14.2 Å². The minimum Gasteiger partial charge on any atom is -0.493 e. The van der Waals surface area contributed by atoms with Gasteiger partial charge in [-0.15, -0.1) is 0 Å². The Morgan fingerprint density at radius 1 is 1.20 bits per heavy atom. The molecule has 2 atom stereocenters. The third kappa shape index (κ3) is 6.50. The van der Waals surface area contributed by atoms with Crippen LogP contribution in [-0.2, 0) is 9.53 Å². The van der Waals surface area contributed by atoms with Gasteiger partial charge >= 0.3 is 12.1 Å². The highest BCUT2D eigenvalue weighted by atomic mass is 16.6. The zero-order valence-electron chi connectivity index (χ0n) is 15.2. The molecule has 8 nitrogen and oxygen atoms in total. The van der Waals surface area contributed by atoms with Crippen molar-refractivity contribution in [2.45, 2.75) is 44.9 Å². The van der Waals surface area contributed by atoms with Gasteiger partial charge in [0.1, 0.15) is 11.6 Å². The molecule has 140 valence electrons. The molecule has 1 aromatic rings. The van der Waals surface area contributed by atoms with Gasteiger partial charge in [-0.2, -0.15) is 0 Å². The maximum Gasteiger partial charge on any atom is 0.408 e. The fourth-order valence-electron chi connectivity index (χ4n) is 2.14. The summed E-state index contributed by atoms with van der Waals surface area (Å²) in [6.07, 6.45) is -0.816. The molecule has 0 spiro atoms. The van der Waals surface area contributed by atoms with Gasteiger partial charge in [-0.3, -0.25) is 0 Å². The van der Waals surface area contributed by atoms with E-state index < -0.39 is 29.7 Å². The van der Waals surface area contributed by atoms with Crippen molar-refractivity contribution in [2.75, 3.05) is 14.2 Å². The molecule has 0 radical (unpaired) electrons. The topological polar surface area (TPSA) is 120 Å². The number of nitrogens with one attached hydrogen (secondary N) is 1. The number of hydrogen-bond acceptors (Lipinski definition) is 6. The summed E-state index contributed by atoms with van der Waals surface area (Å²) in [5.74, 6) is -0.163. The lowest BCUT2D eigenvalue weighted by Crippen LogP contribution is -2.44. The molecule has 25 heavy (non-hydrogen) atoms. The quantitative estimate of drug-likeness (QED) is 0.685. The molecule has 0 aliphatic rings. The average molecular weight is 354 g/mol. The van der Waals surface area contributed by atoms with E-state index in [1.165, 1.54) is 14.2 Å². The lowest BCUT2D eigenvalue weighted by Gasteiger charge is -2.23. The number of amides is 1. The van der Waals surface area contributed by atoms with Crippen molar-refractivity contribution in [2.24, 2.45) is 5.73 Å². The smallest absolute Gasteiger partial charge is 0.408 e. The van der Waals surface area contributed by atoms with Crippen LogP contribution < -0.4 is 20.5 Å². The Labute approximate surface area is 147 Å². The van der Waals surface area contributed by atoms with Crippen molar-refractivity contribution in [1.82, 2.24) is 5.32 Å². The van der Waals surface area contributed by atoms with Gasteiger partial charge in [0, 0.05) is 6.04 Å². The molecule has 0 heterocycles. The fourth-order valence-corrected chi connectivity index (χ4v) is 2.14. The molecule has 0 aliphatic heterocycles. The van der Waals surface area contributed by atoms with Crippen LogP contribution in [0.25, 0.3) is 0 Å². The second kappa shape index (κ2) is 8.57. The Kier molecular flexibility index (Phi) is 7.05. The van der Waals surface area contributed by atoms with Crippen LogP contribution in [0.15, 0.2) is 18.2 Å². The summed E-state index contributed by atoms with van der Waals surface area (Å²) >= 11 is 0. The minimum absolute atomic E-state index is 0.00986. The molecule has 0 aliphatic carbocycles. The number of nitrogens with two attached hydrogens (primary N) is 1. The van der Waals surface area contributed by atoms with Crippen molar-refractivity contribution < 1.29 is 28.9 Å². The number of rotatable bonds is 7. The van der Waals surface area contributed by atoms with E-state index >= 15 is 0 Å². The zero-order chi connectivity index (χ0) is 19.2. The lowest BCUT2D eigenvalue weighted by atomic mass is 9.99. The summed E-state index contributed by atoms with van der Waals surface area (Å²) in [4.78, 5) is 23.2. The van der Waals surface area contributed by atoms with E-state index in [2.05, 4.69) is 5.32 Å². The van der Waals surface area contributed by atoms with Gasteiger partial charge < -0.3 is 30.4 Å². The molecule has 4 N–H and O–H groups in total. The number of carbonyl (C=O) groups is 2. The van der Waals surface area contributed by atoms with Crippen LogP contribution in [0.5, 0.6) is 11.5 Å². The van der Waals surface area contributed by atoms with Crippen molar-refractivity contribution in [3.8, 4) is 11.5 Å².